The molecule has 1 nitrogen and oxygen atoms in total. The molecule has 21 heavy (non-hydrogen) atoms. The van der Waals surface area contributed by atoms with E-state index < -0.39 is 0 Å². The molecule has 1 N–H and O–H groups in total. The molecule has 1 rings (SSSR count). The van der Waals surface area contributed by atoms with Crippen LogP contribution in [0.3, 0.4) is 0 Å². The molecule has 2 heteroatoms. The Morgan fingerprint density at radius 3 is 1.86 bits per heavy atom. The first kappa shape index (κ1) is 20.7. The van der Waals surface area contributed by atoms with Gasteiger partial charge in [-0.15, -0.1) is 17.0 Å². The first-order valence-electron chi connectivity index (χ1n) is 8.55. The number of unbranched alkanes of at least 4 members (excludes halogenated alkanes) is 2. The molecule has 0 aliphatic rings. The van der Waals surface area contributed by atoms with Gasteiger partial charge >= 0.3 is 0 Å². The highest BCUT2D eigenvalue weighted by Crippen LogP contribution is 2.27. The van der Waals surface area contributed by atoms with E-state index in [0.717, 1.165) is 6.54 Å². The topological polar surface area (TPSA) is 12.0 Å². The largest absolute Gasteiger partial charge is 0.307 e. The molecule has 0 atom stereocenters. The number of halogens is 1. The van der Waals surface area contributed by atoms with Crippen molar-refractivity contribution in [1.82, 2.24) is 5.32 Å². The maximum absolute atomic E-state index is 3.92. The van der Waals surface area contributed by atoms with Crippen LogP contribution in [-0.2, 0) is 6.54 Å². The SMILES string of the molecule is Br.CCCCC(CCC)(CCCC)NCc1ccccc1. The smallest absolute Gasteiger partial charge is 0.0210 e. The van der Waals surface area contributed by atoms with Gasteiger partial charge in [0.05, 0.1) is 0 Å². The summed E-state index contributed by atoms with van der Waals surface area (Å²) in [5.41, 5.74) is 1.76. The molecule has 0 bridgehead atoms. The predicted molar refractivity (Wildman–Crippen MR) is 100 cm³/mol. The Bertz CT molecular complexity index is 329. The predicted octanol–water partition coefficient (Wildman–Crippen LogP) is 6.27. The van der Waals surface area contributed by atoms with Crippen molar-refractivity contribution in [3.63, 3.8) is 0 Å². The second kappa shape index (κ2) is 12.2. The van der Waals surface area contributed by atoms with Crippen LogP contribution in [-0.4, -0.2) is 5.54 Å². The lowest BCUT2D eigenvalue weighted by atomic mass is 9.83. The van der Waals surface area contributed by atoms with Gasteiger partial charge < -0.3 is 5.32 Å². The third kappa shape index (κ3) is 8.01. The van der Waals surface area contributed by atoms with E-state index in [1.165, 1.54) is 56.9 Å². The summed E-state index contributed by atoms with van der Waals surface area (Å²) in [6.45, 7) is 7.92. The minimum Gasteiger partial charge on any atom is -0.307 e. The molecule has 0 unspecified atom stereocenters. The van der Waals surface area contributed by atoms with Crippen molar-refractivity contribution in [3.8, 4) is 0 Å². The zero-order valence-electron chi connectivity index (χ0n) is 14.2. The summed E-state index contributed by atoms with van der Waals surface area (Å²) in [5.74, 6) is 0. The summed E-state index contributed by atoms with van der Waals surface area (Å²) in [6.07, 6.45) is 10.5. The highest BCUT2D eigenvalue weighted by molar-refractivity contribution is 8.93. The Morgan fingerprint density at radius 1 is 0.810 bits per heavy atom. The number of hydrogen-bond donors (Lipinski definition) is 1. The molecule has 0 radical (unpaired) electrons. The fraction of sp³-hybridized carbons (Fsp3) is 0.684. The molecule has 0 heterocycles. The van der Waals surface area contributed by atoms with E-state index in [9.17, 15) is 0 Å². The fourth-order valence-electron chi connectivity index (χ4n) is 3.03. The zero-order valence-corrected chi connectivity index (χ0v) is 15.9. The standard InChI is InChI=1S/C19H33N.BrH/c1-4-7-15-19(14-6-3,16-8-5-2)20-17-18-12-10-9-11-13-18;/h9-13,20H,4-8,14-17H2,1-3H3;1H. The molecule has 0 aliphatic carbocycles. The summed E-state index contributed by atoms with van der Waals surface area (Å²) >= 11 is 0. The Hall–Kier alpha value is -0.340. The molecule has 0 saturated heterocycles. The van der Waals surface area contributed by atoms with E-state index in [2.05, 4.69) is 56.4 Å². The van der Waals surface area contributed by atoms with Crippen molar-refractivity contribution < 1.29 is 0 Å². The Morgan fingerprint density at radius 2 is 1.38 bits per heavy atom. The summed E-state index contributed by atoms with van der Waals surface area (Å²) < 4.78 is 0. The number of rotatable bonds is 11. The van der Waals surface area contributed by atoms with Crippen LogP contribution in [0.15, 0.2) is 30.3 Å². The number of benzene rings is 1. The average molecular weight is 356 g/mol. The van der Waals surface area contributed by atoms with Gasteiger partial charge in [0.1, 0.15) is 0 Å². The van der Waals surface area contributed by atoms with Gasteiger partial charge in [0, 0.05) is 12.1 Å². The van der Waals surface area contributed by atoms with Gasteiger partial charge in [-0.2, -0.15) is 0 Å². The fourth-order valence-corrected chi connectivity index (χ4v) is 3.03. The highest BCUT2D eigenvalue weighted by Gasteiger charge is 2.27. The van der Waals surface area contributed by atoms with E-state index in [1.54, 1.807) is 0 Å². The third-order valence-electron chi connectivity index (χ3n) is 4.26. The Kier molecular flexibility index (Phi) is 12.0. The summed E-state index contributed by atoms with van der Waals surface area (Å²) in [7, 11) is 0. The van der Waals surface area contributed by atoms with Gasteiger partial charge in [0.15, 0.2) is 0 Å². The van der Waals surface area contributed by atoms with E-state index in [4.69, 9.17) is 0 Å². The van der Waals surface area contributed by atoms with Crippen LogP contribution < -0.4 is 5.32 Å². The van der Waals surface area contributed by atoms with E-state index >= 15 is 0 Å². The lowest BCUT2D eigenvalue weighted by Gasteiger charge is -2.35. The van der Waals surface area contributed by atoms with Crippen molar-refractivity contribution in [2.75, 3.05) is 0 Å². The third-order valence-corrected chi connectivity index (χ3v) is 4.26. The molecular formula is C19H34BrN. The van der Waals surface area contributed by atoms with Crippen LogP contribution in [0.2, 0.25) is 0 Å². The van der Waals surface area contributed by atoms with Gasteiger partial charge in [-0.25, -0.2) is 0 Å². The van der Waals surface area contributed by atoms with Crippen LogP contribution in [0, 0.1) is 0 Å². The summed E-state index contributed by atoms with van der Waals surface area (Å²) in [4.78, 5) is 0. The quantitative estimate of drug-likeness (QED) is 0.492. The lowest BCUT2D eigenvalue weighted by Crippen LogP contribution is -2.44. The Labute approximate surface area is 142 Å². The summed E-state index contributed by atoms with van der Waals surface area (Å²) in [6, 6.07) is 10.8. The second-order valence-corrected chi connectivity index (χ2v) is 6.08. The van der Waals surface area contributed by atoms with Crippen LogP contribution in [0.25, 0.3) is 0 Å². The van der Waals surface area contributed by atoms with Crippen molar-refractivity contribution in [1.29, 1.82) is 0 Å². The number of nitrogens with one attached hydrogen (secondary N) is 1. The molecule has 1 aromatic rings. The molecule has 0 fully saturated rings. The van der Waals surface area contributed by atoms with Gasteiger partial charge in [-0.1, -0.05) is 83.2 Å². The van der Waals surface area contributed by atoms with E-state index in [1.807, 2.05) is 0 Å². The highest BCUT2D eigenvalue weighted by atomic mass is 79.9. The molecule has 122 valence electrons. The van der Waals surface area contributed by atoms with Crippen LogP contribution in [0.4, 0.5) is 0 Å². The zero-order chi connectivity index (χ0) is 14.7. The van der Waals surface area contributed by atoms with Crippen LogP contribution in [0.1, 0.15) is 77.7 Å². The van der Waals surface area contributed by atoms with Crippen molar-refractivity contribution in [3.05, 3.63) is 35.9 Å². The Balaban J connectivity index is 0.00000400. The van der Waals surface area contributed by atoms with Gasteiger partial charge in [-0.3, -0.25) is 0 Å². The monoisotopic (exact) mass is 355 g/mol. The van der Waals surface area contributed by atoms with Crippen molar-refractivity contribution in [2.24, 2.45) is 0 Å². The van der Waals surface area contributed by atoms with E-state index in [-0.39, 0.29) is 17.0 Å². The first-order chi connectivity index (χ1) is 9.76. The average Bonchev–Trinajstić information content (AvgIpc) is 2.50. The lowest BCUT2D eigenvalue weighted by molar-refractivity contribution is 0.243. The maximum atomic E-state index is 3.92. The normalized spacial score (nSPS) is 11.2. The van der Waals surface area contributed by atoms with Crippen LogP contribution in [0.5, 0.6) is 0 Å². The van der Waals surface area contributed by atoms with Gasteiger partial charge in [0.2, 0.25) is 0 Å². The van der Waals surface area contributed by atoms with Crippen molar-refractivity contribution in [2.45, 2.75) is 84.2 Å². The maximum Gasteiger partial charge on any atom is 0.0210 e. The molecule has 0 aliphatic heterocycles. The van der Waals surface area contributed by atoms with Gasteiger partial charge in [-0.05, 0) is 24.8 Å². The molecule has 0 spiro atoms. The van der Waals surface area contributed by atoms with Crippen LogP contribution >= 0.6 is 17.0 Å². The molecular weight excluding hydrogens is 322 g/mol. The van der Waals surface area contributed by atoms with Gasteiger partial charge in [0.25, 0.3) is 0 Å². The molecule has 0 saturated carbocycles. The number of hydrogen-bond acceptors (Lipinski definition) is 1. The first-order valence-corrected chi connectivity index (χ1v) is 8.55. The minimum atomic E-state index is 0. The molecule has 1 aromatic carbocycles. The molecule has 0 amide bonds. The van der Waals surface area contributed by atoms with Crippen molar-refractivity contribution >= 4 is 17.0 Å². The second-order valence-electron chi connectivity index (χ2n) is 6.08. The minimum absolute atomic E-state index is 0. The van der Waals surface area contributed by atoms with E-state index in [0.29, 0.717) is 5.54 Å². The summed E-state index contributed by atoms with van der Waals surface area (Å²) in [5, 5.41) is 3.92. The molecule has 0 aromatic heterocycles.